The van der Waals surface area contributed by atoms with Gasteiger partial charge >= 0.3 is 0 Å². The molecule has 0 unspecified atom stereocenters. The second-order valence-corrected chi connectivity index (χ2v) is 9.94. The van der Waals surface area contributed by atoms with Gasteiger partial charge in [0, 0.05) is 26.2 Å². The number of piperidine rings is 1. The third-order valence-corrected chi connectivity index (χ3v) is 7.78. The van der Waals surface area contributed by atoms with Crippen LogP contribution in [0.4, 0.5) is 5.95 Å². The molecule has 1 aliphatic heterocycles. The molecule has 1 amide bonds. The summed E-state index contributed by atoms with van der Waals surface area (Å²) in [5.41, 5.74) is -0.629. The highest BCUT2D eigenvalue weighted by Gasteiger charge is 2.39. The van der Waals surface area contributed by atoms with E-state index in [1.54, 1.807) is 11.9 Å². The molecule has 2 aliphatic carbocycles. The van der Waals surface area contributed by atoms with Crippen molar-refractivity contribution in [1.29, 1.82) is 5.26 Å². The van der Waals surface area contributed by atoms with E-state index in [0.717, 1.165) is 75.1 Å². The average molecular weight is 417 g/mol. The molecule has 0 bridgehead atoms. The van der Waals surface area contributed by atoms with Gasteiger partial charge in [0.1, 0.15) is 5.54 Å². The van der Waals surface area contributed by atoms with Gasteiger partial charge in [-0.3, -0.25) is 9.36 Å². The van der Waals surface area contributed by atoms with Crippen LogP contribution in [0.25, 0.3) is 0 Å². The van der Waals surface area contributed by atoms with Crippen LogP contribution in [0.1, 0.15) is 70.8 Å². The SMILES string of the molecule is CC1CCN(c2nnc(SCC(=O)N(C)C3(C#N)CCCCC3)n2C2CC2)CC1. The summed E-state index contributed by atoms with van der Waals surface area (Å²) in [4.78, 5) is 17.0. The van der Waals surface area contributed by atoms with Crippen molar-refractivity contribution in [3.63, 3.8) is 0 Å². The molecule has 0 spiro atoms. The zero-order chi connectivity index (χ0) is 20.4. The van der Waals surface area contributed by atoms with Gasteiger partial charge in [0.25, 0.3) is 0 Å². The van der Waals surface area contributed by atoms with Crippen LogP contribution >= 0.6 is 11.8 Å². The highest BCUT2D eigenvalue weighted by molar-refractivity contribution is 7.99. The van der Waals surface area contributed by atoms with Crippen LogP contribution in [0.2, 0.25) is 0 Å². The number of amides is 1. The van der Waals surface area contributed by atoms with Gasteiger partial charge in [0.2, 0.25) is 11.9 Å². The normalized spacial score (nSPS) is 22.3. The standard InChI is InChI=1S/C21H32N6OS/c1-16-8-12-26(13-9-16)19-23-24-20(27(19)17-6-7-17)29-14-18(28)25(2)21(15-22)10-4-3-5-11-21/h16-17H,3-14H2,1-2H3. The number of aromatic nitrogens is 3. The van der Waals surface area contributed by atoms with Gasteiger partial charge in [-0.1, -0.05) is 37.9 Å². The Balaban J connectivity index is 1.43. The first-order chi connectivity index (χ1) is 14.0. The minimum absolute atomic E-state index is 0.0112. The van der Waals surface area contributed by atoms with Gasteiger partial charge in [-0.15, -0.1) is 10.2 Å². The summed E-state index contributed by atoms with van der Waals surface area (Å²) in [6, 6.07) is 2.91. The fourth-order valence-corrected chi connectivity index (χ4v) is 5.48. The Kier molecular flexibility index (Phi) is 6.05. The van der Waals surface area contributed by atoms with E-state index in [9.17, 15) is 10.1 Å². The van der Waals surface area contributed by atoms with Crippen LogP contribution in [0.15, 0.2) is 5.16 Å². The topological polar surface area (TPSA) is 78.1 Å². The Bertz CT molecular complexity index is 769. The van der Waals surface area contributed by atoms with Crippen LogP contribution in [0, 0.1) is 17.2 Å². The molecule has 7 nitrogen and oxygen atoms in total. The van der Waals surface area contributed by atoms with Crippen molar-refractivity contribution in [3.05, 3.63) is 0 Å². The van der Waals surface area contributed by atoms with E-state index in [4.69, 9.17) is 0 Å². The highest BCUT2D eigenvalue weighted by atomic mass is 32.2. The first kappa shape index (κ1) is 20.5. The lowest BCUT2D eigenvalue weighted by Crippen LogP contribution is -2.50. The fourth-order valence-electron chi connectivity index (χ4n) is 4.56. The number of carbonyl (C=O) groups excluding carboxylic acids is 1. The van der Waals surface area contributed by atoms with Gasteiger partial charge in [-0.05, 0) is 44.4 Å². The van der Waals surface area contributed by atoms with Crippen LogP contribution in [-0.4, -0.2) is 57.0 Å². The lowest BCUT2D eigenvalue weighted by molar-refractivity contribution is -0.131. The smallest absolute Gasteiger partial charge is 0.234 e. The van der Waals surface area contributed by atoms with Crippen LogP contribution < -0.4 is 4.90 Å². The third kappa shape index (κ3) is 4.25. The van der Waals surface area contributed by atoms with Gasteiger partial charge in [0.15, 0.2) is 5.16 Å². The van der Waals surface area contributed by atoms with Gasteiger partial charge in [0.05, 0.1) is 11.8 Å². The molecule has 3 fully saturated rings. The molecule has 1 aromatic rings. The molecule has 2 saturated carbocycles. The number of carbonyl (C=O) groups is 1. The van der Waals surface area contributed by atoms with E-state index in [-0.39, 0.29) is 5.91 Å². The fraction of sp³-hybridized carbons (Fsp3) is 0.810. The number of hydrogen-bond acceptors (Lipinski definition) is 6. The summed E-state index contributed by atoms with van der Waals surface area (Å²) in [5, 5.41) is 19.6. The Morgan fingerprint density at radius 3 is 2.52 bits per heavy atom. The zero-order valence-electron chi connectivity index (χ0n) is 17.6. The molecule has 1 saturated heterocycles. The minimum atomic E-state index is -0.629. The van der Waals surface area contributed by atoms with Gasteiger partial charge in [-0.2, -0.15) is 5.26 Å². The van der Waals surface area contributed by atoms with E-state index >= 15 is 0 Å². The Labute approximate surface area is 177 Å². The van der Waals surface area contributed by atoms with Crippen molar-refractivity contribution < 1.29 is 4.79 Å². The van der Waals surface area contributed by atoms with Crippen molar-refractivity contribution in [2.75, 3.05) is 30.8 Å². The molecular weight excluding hydrogens is 384 g/mol. The predicted octanol–water partition coefficient (Wildman–Crippen LogP) is 3.63. The number of anilines is 1. The molecule has 0 radical (unpaired) electrons. The summed E-state index contributed by atoms with van der Waals surface area (Å²) in [6.07, 6.45) is 9.47. The summed E-state index contributed by atoms with van der Waals surface area (Å²) < 4.78 is 2.26. The monoisotopic (exact) mass is 416 g/mol. The predicted molar refractivity (Wildman–Crippen MR) is 114 cm³/mol. The van der Waals surface area contributed by atoms with Crippen LogP contribution in [0.3, 0.4) is 0 Å². The summed E-state index contributed by atoms with van der Waals surface area (Å²) in [5.74, 6) is 2.07. The first-order valence-electron chi connectivity index (χ1n) is 11.0. The Hall–Kier alpha value is -1.75. The Morgan fingerprint density at radius 1 is 1.21 bits per heavy atom. The minimum Gasteiger partial charge on any atom is -0.341 e. The van der Waals surface area contributed by atoms with E-state index in [2.05, 4.69) is 32.7 Å². The molecule has 4 rings (SSSR count). The number of nitriles is 1. The average Bonchev–Trinajstić information content (AvgIpc) is 3.51. The molecular formula is C21H32N6OS. The molecule has 0 N–H and O–H groups in total. The second-order valence-electron chi connectivity index (χ2n) is 9.00. The molecule has 0 atom stereocenters. The van der Waals surface area contributed by atoms with Crippen molar-refractivity contribution in [2.24, 2.45) is 5.92 Å². The van der Waals surface area contributed by atoms with Crippen molar-refractivity contribution in [3.8, 4) is 6.07 Å². The Morgan fingerprint density at radius 2 is 1.90 bits per heavy atom. The zero-order valence-corrected chi connectivity index (χ0v) is 18.5. The number of hydrogen-bond donors (Lipinski definition) is 0. The summed E-state index contributed by atoms with van der Waals surface area (Å²) >= 11 is 1.47. The van der Waals surface area contributed by atoms with Crippen LogP contribution in [-0.2, 0) is 4.79 Å². The molecule has 29 heavy (non-hydrogen) atoms. The third-order valence-electron chi connectivity index (χ3n) is 6.85. The maximum Gasteiger partial charge on any atom is 0.234 e. The molecule has 2 heterocycles. The van der Waals surface area contributed by atoms with Crippen molar-refractivity contribution >= 4 is 23.6 Å². The lowest BCUT2D eigenvalue weighted by Gasteiger charge is -2.39. The largest absolute Gasteiger partial charge is 0.341 e. The molecule has 0 aromatic carbocycles. The summed E-state index contributed by atoms with van der Waals surface area (Å²) in [6.45, 7) is 4.37. The molecule has 158 valence electrons. The highest BCUT2D eigenvalue weighted by Crippen LogP contribution is 2.41. The quantitative estimate of drug-likeness (QED) is 0.659. The maximum atomic E-state index is 12.9. The molecule has 8 heteroatoms. The van der Waals surface area contributed by atoms with E-state index < -0.39 is 5.54 Å². The van der Waals surface area contributed by atoms with E-state index in [1.807, 2.05) is 0 Å². The van der Waals surface area contributed by atoms with Crippen LogP contribution in [0.5, 0.6) is 0 Å². The number of thioether (sulfide) groups is 1. The van der Waals surface area contributed by atoms with Crippen molar-refractivity contribution in [2.45, 2.75) is 81.4 Å². The number of nitrogens with zero attached hydrogens (tertiary/aromatic N) is 6. The maximum absolute atomic E-state index is 12.9. The van der Waals surface area contributed by atoms with E-state index in [1.165, 1.54) is 24.6 Å². The molecule has 3 aliphatic rings. The molecule has 1 aromatic heterocycles. The lowest BCUT2D eigenvalue weighted by atomic mass is 9.81. The van der Waals surface area contributed by atoms with Gasteiger partial charge in [-0.25, -0.2) is 0 Å². The second kappa shape index (κ2) is 8.55. The van der Waals surface area contributed by atoms with Gasteiger partial charge < -0.3 is 9.80 Å². The summed E-state index contributed by atoms with van der Waals surface area (Å²) in [7, 11) is 1.80. The number of rotatable bonds is 6. The van der Waals surface area contributed by atoms with E-state index in [0.29, 0.717) is 11.8 Å². The first-order valence-corrected chi connectivity index (χ1v) is 12.0. The van der Waals surface area contributed by atoms with Crippen molar-refractivity contribution in [1.82, 2.24) is 19.7 Å².